The molecule has 3 saturated heterocycles. The molecule has 0 aliphatic carbocycles. The van der Waals surface area contributed by atoms with Gasteiger partial charge in [-0.25, -0.2) is 0 Å². The Morgan fingerprint density at radius 3 is 2.31 bits per heavy atom. The molecule has 3 aliphatic rings. The maximum atomic E-state index is 14.8. The predicted molar refractivity (Wildman–Crippen MR) is 163 cm³/mol. The number of nitrogens with zero attached hydrogens (tertiary/aromatic N) is 3. The Morgan fingerprint density at radius 1 is 1.17 bits per heavy atom. The minimum absolute atomic E-state index is 0.0155. The van der Waals surface area contributed by atoms with E-state index in [0.29, 0.717) is 12.1 Å². The number of anilines is 2. The Morgan fingerprint density at radius 2 is 1.79 bits per heavy atom. The van der Waals surface area contributed by atoms with Crippen molar-refractivity contribution < 1.29 is 29.0 Å². The summed E-state index contributed by atoms with van der Waals surface area (Å²) in [5.74, 6) is -3.27. The number of hydrogen-bond donors (Lipinski definition) is 1. The van der Waals surface area contributed by atoms with Gasteiger partial charge >= 0.3 is 5.97 Å². The third-order valence-electron chi connectivity index (χ3n) is 9.77. The van der Waals surface area contributed by atoms with Gasteiger partial charge in [-0.05, 0) is 63.3 Å². The van der Waals surface area contributed by atoms with Crippen LogP contribution in [0.3, 0.4) is 0 Å². The average molecular weight is 582 g/mol. The molecule has 230 valence electrons. The molecule has 1 aromatic carbocycles. The molecule has 9 nitrogen and oxygen atoms in total. The van der Waals surface area contributed by atoms with Crippen LogP contribution in [-0.2, 0) is 23.9 Å². The maximum absolute atomic E-state index is 14.8. The van der Waals surface area contributed by atoms with Crippen molar-refractivity contribution in [2.24, 2.45) is 23.7 Å². The minimum atomic E-state index is -1.25. The number of ether oxygens (including phenoxy) is 2. The summed E-state index contributed by atoms with van der Waals surface area (Å²) in [4.78, 5) is 48.1. The third-order valence-corrected chi connectivity index (χ3v) is 9.77. The van der Waals surface area contributed by atoms with E-state index in [1.165, 1.54) is 11.0 Å². The molecule has 0 aromatic heterocycles. The molecule has 3 fully saturated rings. The Hall–Kier alpha value is -3.17. The lowest BCUT2D eigenvalue weighted by molar-refractivity contribution is -0.162. The zero-order valence-electron chi connectivity index (χ0n) is 25.9. The molecule has 0 saturated carbocycles. The van der Waals surface area contributed by atoms with Crippen molar-refractivity contribution >= 4 is 29.2 Å². The van der Waals surface area contributed by atoms with Gasteiger partial charge < -0.3 is 29.3 Å². The topological polar surface area (TPSA) is 99.6 Å². The number of aliphatic hydroxyl groups excluding tert-OH is 1. The molecule has 1 aromatic rings. The van der Waals surface area contributed by atoms with E-state index in [0.717, 1.165) is 18.8 Å². The van der Waals surface area contributed by atoms with Gasteiger partial charge in [0.2, 0.25) is 5.91 Å². The minimum Gasteiger partial charge on any atom is -0.461 e. The number of carbonyl (C=O) groups is 3. The van der Waals surface area contributed by atoms with Crippen LogP contribution in [0.4, 0.5) is 11.4 Å². The molecule has 0 radical (unpaired) electrons. The highest BCUT2D eigenvalue weighted by Gasteiger charge is 2.81. The molecule has 1 N–H and O–H groups in total. The van der Waals surface area contributed by atoms with Gasteiger partial charge in [0.1, 0.15) is 24.2 Å². The first-order valence-electron chi connectivity index (χ1n) is 15.1. The van der Waals surface area contributed by atoms with Gasteiger partial charge in [-0.15, -0.1) is 6.58 Å². The summed E-state index contributed by atoms with van der Waals surface area (Å²) in [5, 5.41) is 10.5. The number of benzene rings is 1. The van der Waals surface area contributed by atoms with Gasteiger partial charge in [0.15, 0.2) is 0 Å². The average Bonchev–Trinajstić information content (AvgIpc) is 3.48. The van der Waals surface area contributed by atoms with E-state index in [1.807, 2.05) is 52.0 Å². The Bertz CT molecular complexity index is 1200. The van der Waals surface area contributed by atoms with Crippen molar-refractivity contribution in [2.45, 2.75) is 71.2 Å². The van der Waals surface area contributed by atoms with Gasteiger partial charge in [-0.3, -0.25) is 14.4 Å². The van der Waals surface area contributed by atoms with Crippen LogP contribution in [0.15, 0.2) is 49.6 Å². The maximum Gasteiger partial charge on any atom is 0.313 e. The van der Waals surface area contributed by atoms with Gasteiger partial charge in [0.05, 0.1) is 24.2 Å². The summed E-state index contributed by atoms with van der Waals surface area (Å²) in [7, 11) is 0. The van der Waals surface area contributed by atoms with Crippen LogP contribution < -0.4 is 9.80 Å². The van der Waals surface area contributed by atoms with Gasteiger partial charge in [0.25, 0.3) is 5.91 Å². The van der Waals surface area contributed by atoms with Crippen LogP contribution in [-0.4, -0.2) is 83.9 Å². The van der Waals surface area contributed by atoms with Crippen molar-refractivity contribution in [3.05, 3.63) is 49.6 Å². The normalized spacial score (nSPS) is 30.3. The highest BCUT2D eigenvalue weighted by atomic mass is 16.6. The Kier molecular flexibility index (Phi) is 9.23. The summed E-state index contributed by atoms with van der Waals surface area (Å²) in [6.45, 7) is 21.0. The van der Waals surface area contributed by atoms with Crippen LogP contribution in [0.1, 0.15) is 48.0 Å². The zero-order chi connectivity index (χ0) is 31.0. The standard InChI is InChI=1S/C33H47N3O6/c1-9-17-35(24-15-13-23(14-16-24)34(11-3)12-4)30(39)28-33-19-22(7)32(8,42-33)27(31(40)41-18-10-2)26(33)29(38)36(28)25(20-37)21(5)6/h9-10,13-16,21-22,25-28,37H,1-2,11-12,17-20H2,3-8H3/t22?,25-,26-,27-,28?,32+,33?/m0/s1. The lowest BCUT2D eigenvalue weighted by atomic mass is 9.62. The Labute approximate surface area is 250 Å². The van der Waals surface area contributed by atoms with E-state index >= 15 is 0 Å². The monoisotopic (exact) mass is 581 g/mol. The summed E-state index contributed by atoms with van der Waals surface area (Å²) in [6.07, 6.45) is 3.57. The summed E-state index contributed by atoms with van der Waals surface area (Å²) < 4.78 is 12.3. The number of aliphatic hydroxyl groups is 1. The molecule has 2 amide bonds. The Balaban J connectivity index is 1.84. The van der Waals surface area contributed by atoms with E-state index in [1.54, 1.807) is 11.0 Å². The molecule has 3 unspecified atom stereocenters. The fourth-order valence-corrected chi connectivity index (χ4v) is 7.55. The van der Waals surface area contributed by atoms with Crippen LogP contribution in [0.25, 0.3) is 0 Å². The highest BCUT2D eigenvalue weighted by molar-refractivity contribution is 6.05. The van der Waals surface area contributed by atoms with Crippen LogP contribution in [0.5, 0.6) is 0 Å². The van der Waals surface area contributed by atoms with Gasteiger partial charge in [0, 0.05) is 31.0 Å². The molecule has 9 heteroatoms. The third kappa shape index (κ3) is 4.84. The molecular weight excluding hydrogens is 534 g/mol. The molecule has 4 rings (SSSR count). The SMILES string of the molecule is C=CCOC(=O)[C@@H]1[C@H]2C(=O)N([C@@H](CO)C(C)C)C(C(=O)N(CC=C)c3ccc(N(CC)CC)cc3)C23CC(C)[C@@]1(C)O3. The second-order valence-electron chi connectivity index (χ2n) is 12.3. The van der Waals surface area contributed by atoms with Crippen molar-refractivity contribution in [3.8, 4) is 0 Å². The zero-order valence-corrected chi connectivity index (χ0v) is 25.9. The molecule has 7 atom stereocenters. The second kappa shape index (κ2) is 12.2. The van der Waals surface area contributed by atoms with E-state index < -0.39 is 41.1 Å². The fourth-order valence-electron chi connectivity index (χ4n) is 7.55. The fraction of sp³-hybridized carbons (Fsp3) is 0.606. The van der Waals surface area contributed by atoms with Gasteiger partial charge in [-0.2, -0.15) is 0 Å². The first kappa shape index (κ1) is 31.8. The number of fused-ring (bicyclic) bond motifs is 1. The first-order valence-corrected chi connectivity index (χ1v) is 15.1. The number of rotatable bonds is 13. The number of hydrogen-bond acceptors (Lipinski definition) is 7. The highest BCUT2D eigenvalue weighted by Crippen LogP contribution is 2.66. The molecular formula is C33H47N3O6. The van der Waals surface area contributed by atoms with Crippen molar-refractivity contribution in [2.75, 3.05) is 42.6 Å². The quantitative estimate of drug-likeness (QED) is 0.279. The van der Waals surface area contributed by atoms with Gasteiger partial charge in [-0.1, -0.05) is 39.5 Å². The van der Waals surface area contributed by atoms with E-state index in [-0.39, 0.29) is 43.4 Å². The van der Waals surface area contributed by atoms with Crippen molar-refractivity contribution in [1.82, 2.24) is 4.90 Å². The van der Waals surface area contributed by atoms with Crippen LogP contribution in [0, 0.1) is 23.7 Å². The summed E-state index contributed by atoms with van der Waals surface area (Å²) >= 11 is 0. The number of esters is 1. The largest absolute Gasteiger partial charge is 0.461 e. The number of carbonyl (C=O) groups excluding carboxylic acids is 3. The van der Waals surface area contributed by atoms with E-state index in [4.69, 9.17) is 9.47 Å². The van der Waals surface area contributed by atoms with E-state index in [2.05, 4.69) is 31.9 Å². The summed E-state index contributed by atoms with van der Waals surface area (Å²) in [5.41, 5.74) is -0.512. The number of amides is 2. The molecule has 42 heavy (non-hydrogen) atoms. The lowest BCUT2D eigenvalue weighted by Gasteiger charge is -2.40. The van der Waals surface area contributed by atoms with Crippen molar-refractivity contribution in [3.63, 3.8) is 0 Å². The molecule has 1 spiro atoms. The number of likely N-dealkylation sites (tertiary alicyclic amines) is 1. The van der Waals surface area contributed by atoms with Crippen molar-refractivity contribution in [1.29, 1.82) is 0 Å². The van der Waals surface area contributed by atoms with E-state index in [9.17, 15) is 19.5 Å². The second-order valence-corrected chi connectivity index (χ2v) is 12.3. The lowest BCUT2D eigenvalue weighted by Crippen LogP contribution is -2.60. The van der Waals surface area contributed by atoms with Crippen LogP contribution in [0.2, 0.25) is 0 Å². The first-order chi connectivity index (χ1) is 20.0. The molecule has 3 heterocycles. The molecule has 3 aliphatic heterocycles. The molecule has 2 bridgehead atoms. The van der Waals surface area contributed by atoms with Crippen LogP contribution >= 0.6 is 0 Å². The predicted octanol–water partition coefficient (Wildman–Crippen LogP) is 3.81. The smallest absolute Gasteiger partial charge is 0.313 e. The summed E-state index contributed by atoms with van der Waals surface area (Å²) in [6, 6.07) is 6.10.